The lowest BCUT2D eigenvalue weighted by molar-refractivity contribution is -0.155. The Kier molecular flexibility index (Phi) is 3.13. The van der Waals surface area contributed by atoms with Gasteiger partial charge in [0.05, 0.1) is 5.39 Å². The van der Waals surface area contributed by atoms with E-state index in [9.17, 15) is 9.18 Å². The number of nitrogens with two attached hydrogens (primary N) is 1. The minimum atomic E-state index is -0.591. The lowest BCUT2D eigenvalue weighted by atomic mass is 10.2. The maximum Gasteiger partial charge on any atom is 0.326 e. The predicted molar refractivity (Wildman–Crippen MR) is 67.7 cm³/mol. The SMILES string of the molecule is CC(C)(C)OC(=O)Cn1cc(F)c2c(N)ncnc21. The second kappa shape index (κ2) is 4.49. The van der Waals surface area contributed by atoms with E-state index in [1.165, 1.54) is 17.1 Å². The van der Waals surface area contributed by atoms with Crippen LogP contribution in [0.5, 0.6) is 0 Å². The number of fused-ring (bicyclic) bond motifs is 1. The van der Waals surface area contributed by atoms with Gasteiger partial charge in [0.2, 0.25) is 0 Å². The summed E-state index contributed by atoms with van der Waals surface area (Å²) < 4.78 is 20.3. The molecule has 2 N–H and O–H groups in total. The summed E-state index contributed by atoms with van der Waals surface area (Å²) in [6.07, 6.45) is 2.39. The number of esters is 1. The zero-order valence-electron chi connectivity index (χ0n) is 11.0. The molecule has 0 aliphatic carbocycles. The molecule has 2 rings (SSSR count). The zero-order chi connectivity index (χ0) is 14.2. The Bertz CT molecular complexity index is 630. The normalized spacial score (nSPS) is 11.8. The fraction of sp³-hybridized carbons (Fsp3) is 0.417. The van der Waals surface area contributed by atoms with Gasteiger partial charge in [-0.05, 0) is 20.8 Å². The highest BCUT2D eigenvalue weighted by molar-refractivity contribution is 5.87. The zero-order valence-corrected chi connectivity index (χ0v) is 11.0. The largest absolute Gasteiger partial charge is 0.459 e. The topological polar surface area (TPSA) is 83.0 Å². The van der Waals surface area contributed by atoms with Crippen LogP contribution >= 0.6 is 0 Å². The van der Waals surface area contributed by atoms with E-state index in [-0.39, 0.29) is 23.4 Å². The fourth-order valence-corrected chi connectivity index (χ4v) is 1.73. The van der Waals surface area contributed by atoms with Crippen molar-refractivity contribution in [3.8, 4) is 0 Å². The minimum absolute atomic E-state index is 0.0467. The third-order valence-electron chi connectivity index (χ3n) is 2.36. The molecule has 6 nitrogen and oxygen atoms in total. The van der Waals surface area contributed by atoms with Crippen LogP contribution in [0.2, 0.25) is 0 Å². The van der Waals surface area contributed by atoms with E-state index in [0.29, 0.717) is 0 Å². The van der Waals surface area contributed by atoms with Gasteiger partial charge in [-0.1, -0.05) is 0 Å². The molecule has 0 fully saturated rings. The summed E-state index contributed by atoms with van der Waals surface area (Å²) >= 11 is 0. The Labute approximate surface area is 109 Å². The average Bonchev–Trinajstić information content (AvgIpc) is 2.54. The number of anilines is 1. The first-order valence-corrected chi connectivity index (χ1v) is 5.74. The molecule has 0 unspecified atom stereocenters. The standard InChI is InChI=1S/C12H15FN4O2/c1-12(2,3)19-8(18)5-17-4-7(13)9-10(14)15-6-16-11(9)17/h4,6H,5H2,1-3H3,(H2,14,15,16). The summed E-state index contributed by atoms with van der Waals surface area (Å²) in [4.78, 5) is 19.4. The van der Waals surface area contributed by atoms with Gasteiger partial charge in [-0.25, -0.2) is 14.4 Å². The summed E-state index contributed by atoms with van der Waals surface area (Å²) in [5.41, 5.74) is 5.27. The molecule has 0 saturated heterocycles. The van der Waals surface area contributed by atoms with Crippen LogP contribution in [0.4, 0.5) is 10.2 Å². The van der Waals surface area contributed by atoms with Gasteiger partial charge in [0.15, 0.2) is 5.82 Å². The van der Waals surface area contributed by atoms with Gasteiger partial charge in [0, 0.05) is 6.20 Å². The lowest BCUT2D eigenvalue weighted by Crippen LogP contribution is -2.26. The molecule has 2 heterocycles. The van der Waals surface area contributed by atoms with Crippen LogP contribution in [0.3, 0.4) is 0 Å². The number of hydrogen-bond acceptors (Lipinski definition) is 5. The summed E-state index contributed by atoms with van der Waals surface area (Å²) in [7, 11) is 0. The highest BCUT2D eigenvalue weighted by Gasteiger charge is 2.19. The number of carbonyl (C=O) groups is 1. The van der Waals surface area contributed by atoms with Gasteiger partial charge in [-0.3, -0.25) is 4.79 Å². The Morgan fingerprint density at radius 1 is 1.47 bits per heavy atom. The molecular formula is C12H15FN4O2. The van der Waals surface area contributed by atoms with Crippen molar-refractivity contribution in [3.05, 3.63) is 18.3 Å². The van der Waals surface area contributed by atoms with Crippen molar-refractivity contribution < 1.29 is 13.9 Å². The van der Waals surface area contributed by atoms with E-state index in [0.717, 1.165) is 0 Å². The lowest BCUT2D eigenvalue weighted by Gasteiger charge is -2.19. The highest BCUT2D eigenvalue weighted by atomic mass is 19.1. The number of halogens is 1. The number of nitrogen functional groups attached to an aromatic ring is 1. The maximum absolute atomic E-state index is 13.7. The van der Waals surface area contributed by atoms with Gasteiger partial charge in [-0.2, -0.15) is 0 Å². The molecule has 0 aromatic carbocycles. The van der Waals surface area contributed by atoms with Crippen LogP contribution in [-0.4, -0.2) is 26.1 Å². The number of hydrogen-bond donors (Lipinski definition) is 1. The molecule has 102 valence electrons. The monoisotopic (exact) mass is 266 g/mol. The number of carbonyl (C=O) groups excluding carboxylic acids is 1. The van der Waals surface area contributed by atoms with E-state index >= 15 is 0 Å². The van der Waals surface area contributed by atoms with Crippen molar-refractivity contribution >= 4 is 22.8 Å². The van der Waals surface area contributed by atoms with E-state index in [2.05, 4.69) is 9.97 Å². The molecule has 0 aliphatic rings. The molecule has 0 bridgehead atoms. The summed E-state index contributed by atoms with van der Waals surface area (Å²) in [5.74, 6) is -0.983. The molecule has 2 aromatic rings. The Morgan fingerprint density at radius 3 is 2.79 bits per heavy atom. The molecule has 0 aliphatic heterocycles. The van der Waals surface area contributed by atoms with E-state index in [1.807, 2.05) is 0 Å². The van der Waals surface area contributed by atoms with Crippen molar-refractivity contribution in [2.24, 2.45) is 0 Å². The molecule has 0 spiro atoms. The van der Waals surface area contributed by atoms with Crippen molar-refractivity contribution in [1.82, 2.24) is 14.5 Å². The van der Waals surface area contributed by atoms with Crippen LogP contribution in [-0.2, 0) is 16.1 Å². The van der Waals surface area contributed by atoms with Gasteiger partial charge < -0.3 is 15.0 Å². The second-order valence-electron chi connectivity index (χ2n) is 5.15. The molecule has 7 heteroatoms. The molecule has 0 atom stereocenters. The Balaban J connectivity index is 2.32. The van der Waals surface area contributed by atoms with Crippen LogP contribution < -0.4 is 5.73 Å². The maximum atomic E-state index is 13.7. The third-order valence-corrected chi connectivity index (χ3v) is 2.36. The summed E-state index contributed by atoms with van der Waals surface area (Å²) in [6, 6.07) is 0. The summed E-state index contributed by atoms with van der Waals surface area (Å²) in [6.45, 7) is 5.16. The number of nitrogens with zero attached hydrogens (tertiary/aromatic N) is 3. The third kappa shape index (κ3) is 2.81. The Hall–Kier alpha value is -2.18. The molecule has 0 amide bonds. The van der Waals surface area contributed by atoms with Gasteiger partial charge in [0.1, 0.15) is 29.9 Å². The second-order valence-corrected chi connectivity index (χ2v) is 5.15. The van der Waals surface area contributed by atoms with Crippen LogP contribution in [0.1, 0.15) is 20.8 Å². The number of ether oxygens (including phenoxy) is 1. The van der Waals surface area contributed by atoms with Gasteiger partial charge >= 0.3 is 5.97 Å². The van der Waals surface area contributed by atoms with Gasteiger partial charge in [-0.15, -0.1) is 0 Å². The minimum Gasteiger partial charge on any atom is -0.459 e. The fourth-order valence-electron chi connectivity index (χ4n) is 1.73. The predicted octanol–water partition coefficient (Wildman–Crippen LogP) is 1.49. The van der Waals surface area contributed by atoms with Crippen molar-refractivity contribution in [3.63, 3.8) is 0 Å². The van der Waals surface area contributed by atoms with Gasteiger partial charge in [0.25, 0.3) is 0 Å². The van der Waals surface area contributed by atoms with E-state index in [1.54, 1.807) is 20.8 Å². The molecular weight excluding hydrogens is 251 g/mol. The summed E-state index contributed by atoms with van der Waals surface area (Å²) in [5, 5.41) is 0.117. The average molecular weight is 266 g/mol. The number of aromatic nitrogens is 3. The Morgan fingerprint density at radius 2 is 2.16 bits per heavy atom. The van der Waals surface area contributed by atoms with Crippen LogP contribution in [0.15, 0.2) is 12.5 Å². The quantitative estimate of drug-likeness (QED) is 0.833. The molecule has 2 aromatic heterocycles. The first kappa shape index (κ1) is 13.3. The first-order valence-electron chi connectivity index (χ1n) is 5.74. The van der Waals surface area contributed by atoms with Crippen molar-refractivity contribution in [2.45, 2.75) is 32.9 Å². The molecule has 0 radical (unpaired) electrons. The smallest absolute Gasteiger partial charge is 0.326 e. The molecule has 19 heavy (non-hydrogen) atoms. The first-order chi connectivity index (χ1) is 8.78. The van der Waals surface area contributed by atoms with Crippen LogP contribution in [0.25, 0.3) is 11.0 Å². The number of rotatable bonds is 2. The van der Waals surface area contributed by atoms with E-state index < -0.39 is 17.4 Å². The van der Waals surface area contributed by atoms with Crippen molar-refractivity contribution in [2.75, 3.05) is 5.73 Å². The molecule has 0 saturated carbocycles. The van der Waals surface area contributed by atoms with Crippen LogP contribution in [0, 0.1) is 5.82 Å². The van der Waals surface area contributed by atoms with Crippen molar-refractivity contribution in [1.29, 1.82) is 0 Å². The highest BCUT2D eigenvalue weighted by Crippen LogP contribution is 2.22. The van der Waals surface area contributed by atoms with E-state index in [4.69, 9.17) is 10.5 Å².